The lowest BCUT2D eigenvalue weighted by Gasteiger charge is -2.15. The molecule has 1 aromatic rings. The van der Waals surface area contributed by atoms with E-state index in [1.807, 2.05) is 0 Å². The standard InChI is InChI=1S/C12H19N3O2/c1-17-7-9-4-8(6-14-9)15-12-5-10(16)2-3-11(12)13/h2-3,5,8-9,14-16H,4,6-7,13H2,1H3/t8?,9-/m1/s1. The first-order valence-corrected chi connectivity index (χ1v) is 5.76. The van der Waals surface area contributed by atoms with Gasteiger partial charge in [0.1, 0.15) is 5.75 Å². The molecule has 0 aliphatic carbocycles. The molecule has 0 aromatic heterocycles. The normalized spacial score (nSPS) is 23.8. The number of ether oxygens (including phenoxy) is 1. The molecule has 1 heterocycles. The van der Waals surface area contributed by atoms with E-state index in [0.717, 1.165) is 18.7 Å². The predicted molar refractivity (Wildman–Crippen MR) is 68.2 cm³/mol. The summed E-state index contributed by atoms with van der Waals surface area (Å²) in [5, 5.41) is 16.1. The molecule has 2 rings (SSSR count). The highest BCUT2D eigenvalue weighted by atomic mass is 16.5. The molecule has 1 aliphatic rings. The first-order chi connectivity index (χ1) is 8.19. The molecule has 2 atom stereocenters. The van der Waals surface area contributed by atoms with Gasteiger partial charge in [0.2, 0.25) is 0 Å². The number of benzene rings is 1. The number of nitrogen functional groups attached to an aromatic ring is 1. The zero-order valence-electron chi connectivity index (χ0n) is 9.94. The summed E-state index contributed by atoms with van der Waals surface area (Å²) in [6.07, 6.45) is 0.989. The molecule has 5 heteroatoms. The third-order valence-electron chi connectivity index (χ3n) is 2.99. The van der Waals surface area contributed by atoms with E-state index >= 15 is 0 Å². The minimum atomic E-state index is 0.223. The summed E-state index contributed by atoms with van der Waals surface area (Å²) in [4.78, 5) is 0. The third kappa shape index (κ3) is 3.01. The average molecular weight is 237 g/mol. The minimum absolute atomic E-state index is 0.223. The van der Waals surface area contributed by atoms with Crippen molar-refractivity contribution >= 4 is 11.4 Å². The lowest BCUT2D eigenvalue weighted by molar-refractivity contribution is 0.173. The number of hydrogen-bond donors (Lipinski definition) is 4. The van der Waals surface area contributed by atoms with Crippen LogP contribution in [0.15, 0.2) is 18.2 Å². The van der Waals surface area contributed by atoms with Gasteiger partial charge in [0.15, 0.2) is 0 Å². The summed E-state index contributed by atoms with van der Waals surface area (Å²) >= 11 is 0. The molecule has 0 saturated carbocycles. The number of phenols is 1. The molecule has 0 bridgehead atoms. The van der Waals surface area contributed by atoms with Crippen LogP contribution in [0.25, 0.3) is 0 Å². The predicted octanol–water partition coefficient (Wildman–Crippen LogP) is 0.763. The quantitative estimate of drug-likeness (QED) is 0.459. The van der Waals surface area contributed by atoms with Gasteiger partial charge in [0.25, 0.3) is 0 Å². The molecule has 1 aliphatic heterocycles. The second-order valence-corrected chi connectivity index (χ2v) is 4.41. The van der Waals surface area contributed by atoms with Gasteiger partial charge in [-0.15, -0.1) is 0 Å². The lowest BCUT2D eigenvalue weighted by Crippen LogP contribution is -2.26. The van der Waals surface area contributed by atoms with Crippen molar-refractivity contribution in [3.63, 3.8) is 0 Å². The molecule has 5 nitrogen and oxygen atoms in total. The molecule has 1 aromatic carbocycles. The van der Waals surface area contributed by atoms with Crippen LogP contribution in [0.3, 0.4) is 0 Å². The Morgan fingerprint density at radius 2 is 2.41 bits per heavy atom. The van der Waals surface area contributed by atoms with Crippen molar-refractivity contribution in [3.8, 4) is 5.75 Å². The Bertz CT molecular complexity index is 384. The highest BCUT2D eigenvalue weighted by Gasteiger charge is 2.24. The van der Waals surface area contributed by atoms with Crippen LogP contribution in [-0.4, -0.2) is 37.5 Å². The maximum absolute atomic E-state index is 9.42. The van der Waals surface area contributed by atoms with E-state index in [1.165, 1.54) is 0 Å². The van der Waals surface area contributed by atoms with Crippen LogP contribution < -0.4 is 16.4 Å². The maximum atomic E-state index is 9.42. The Morgan fingerprint density at radius 1 is 1.59 bits per heavy atom. The largest absolute Gasteiger partial charge is 0.508 e. The van der Waals surface area contributed by atoms with Crippen LogP contribution in [0.2, 0.25) is 0 Å². The van der Waals surface area contributed by atoms with Crippen molar-refractivity contribution in [2.24, 2.45) is 0 Å². The number of nitrogens with one attached hydrogen (secondary N) is 2. The Labute approximate surface area is 101 Å². The van der Waals surface area contributed by atoms with Crippen LogP contribution in [0, 0.1) is 0 Å². The Kier molecular flexibility index (Phi) is 3.71. The molecule has 1 fully saturated rings. The molecule has 1 saturated heterocycles. The Balaban J connectivity index is 1.95. The van der Waals surface area contributed by atoms with Gasteiger partial charge < -0.3 is 26.2 Å². The molecule has 17 heavy (non-hydrogen) atoms. The van der Waals surface area contributed by atoms with Crippen molar-refractivity contribution in [3.05, 3.63) is 18.2 Å². The topological polar surface area (TPSA) is 79.5 Å². The van der Waals surface area contributed by atoms with Crippen LogP contribution in [0.5, 0.6) is 5.75 Å². The molecule has 1 unspecified atom stereocenters. The average Bonchev–Trinajstić information content (AvgIpc) is 2.72. The van der Waals surface area contributed by atoms with Gasteiger partial charge >= 0.3 is 0 Å². The van der Waals surface area contributed by atoms with E-state index in [9.17, 15) is 5.11 Å². The first kappa shape index (κ1) is 12.0. The van der Waals surface area contributed by atoms with Gasteiger partial charge in [0.05, 0.1) is 18.0 Å². The Morgan fingerprint density at radius 3 is 3.18 bits per heavy atom. The fourth-order valence-electron chi connectivity index (χ4n) is 2.15. The van der Waals surface area contributed by atoms with E-state index in [2.05, 4.69) is 10.6 Å². The second kappa shape index (κ2) is 5.25. The van der Waals surface area contributed by atoms with Crippen molar-refractivity contribution in [1.29, 1.82) is 0 Å². The molecular weight excluding hydrogens is 218 g/mol. The molecule has 0 radical (unpaired) electrons. The second-order valence-electron chi connectivity index (χ2n) is 4.41. The fraction of sp³-hybridized carbons (Fsp3) is 0.500. The van der Waals surface area contributed by atoms with Gasteiger partial charge in [-0.1, -0.05) is 0 Å². The van der Waals surface area contributed by atoms with E-state index in [1.54, 1.807) is 25.3 Å². The third-order valence-corrected chi connectivity index (χ3v) is 2.99. The summed E-state index contributed by atoms with van der Waals surface area (Å²) in [6.45, 7) is 1.59. The first-order valence-electron chi connectivity index (χ1n) is 5.76. The van der Waals surface area contributed by atoms with Crippen LogP contribution in [0.4, 0.5) is 11.4 Å². The van der Waals surface area contributed by atoms with Crippen molar-refractivity contribution in [1.82, 2.24) is 5.32 Å². The zero-order chi connectivity index (χ0) is 12.3. The lowest BCUT2D eigenvalue weighted by atomic mass is 10.1. The number of anilines is 2. The Hall–Kier alpha value is -1.46. The molecule has 5 N–H and O–H groups in total. The zero-order valence-corrected chi connectivity index (χ0v) is 9.94. The fourth-order valence-corrected chi connectivity index (χ4v) is 2.15. The van der Waals surface area contributed by atoms with E-state index in [0.29, 0.717) is 24.4 Å². The van der Waals surface area contributed by atoms with Crippen LogP contribution in [0.1, 0.15) is 6.42 Å². The summed E-state index contributed by atoms with van der Waals surface area (Å²) < 4.78 is 5.11. The minimum Gasteiger partial charge on any atom is -0.508 e. The van der Waals surface area contributed by atoms with Crippen LogP contribution in [-0.2, 0) is 4.74 Å². The maximum Gasteiger partial charge on any atom is 0.117 e. The number of nitrogens with two attached hydrogens (primary N) is 1. The molecular formula is C12H19N3O2. The number of aromatic hydroxyl groups is 1. The van der Waals surface area contributed by atoms with E-state index < -0.39 is 0 Å². The molecule has 0 amide bonds. The van der Waals surface area contributed by atoms with Crippen LogP contribution >= 0.6 is 0 Å². The van der Waals surface area contributed by atoms with E-state index in [-0.39, 0.29) is 5.75 Å². The van der Waals surface area contributed by atoms with Gasteiger partial charge in [-0.2, -0.15) is 0 Å². The summed E-state index contributed by atoms with van der Waals surface area (Å²) in [7, 11) is 1.70. The number of methoxy groups -OCH3 is 1. The van der Waals surface area contributed by atoms with Gasteiger partial charge in [-0.25, -0.2) is 0 Å². The monoisotopic (exact) mass is 237 g/mol. The molecule has 0 spiro atoms. The summed E-state index contributed by atoms with van der Waals surface area (Å²) in [6, 6.07) is 5.64. The highest BCUT2D eigenvalue weighted by molar-refractivity contribution is 5.68. The van der Waals surface area contributed by atoms with E-state index in [4.69, 9.17) is 10.5 Å². The van der Waals surface area contributed by atoms with Gasteiger partial charge in [-0.3, -0.25) is 0 Å². The number of rotatable bonds is 4. The molecule has 94 valence electrons. The SMILES string of the molecule is COC[C@H]1CC(Nc2cc(O)ccc2N)CN1. The van der Waals surface area contributed by atoms with Crippen molar-refractivity contribution in [2.75, 3.05) is 31.3 Å². The summed E-state index contributed by atoms with van der Waals surface area (Å²) in [5.41, 5.74) is 7.28. The van der Waals surface area contributed by atoms with Gasteiger partial charge in [0, 0.05) is 31.8 Å². The number of phenolic OH excluding ortho intramolecular Hbond substituents is 1. The smallest absolute Gasteiger partial charge is 0.117 e. The number of hydrogen-bond acceptors (Lipinski definition) is 5. The highest BCUT2D eigenvalue weighted by Crippen LogP contribution is 2.25. The van der Waals surface area contributed by atoms with Crippen molar-refractivity contribution < 1.29 is 9.84 Å². The van der Waals surface area contributed by atoms with Crippen molar-refractivity contribution in [2.45, 2.75) is 18.5 Å². The summed E-state index contributed by atoms with van der Waals surface area (Å²) in [5.74, 6) is 0.223. The van der Waals surface area contributed by atoms with Gasteiger partial charge in [-0.05, 0) is 18.6 Å².